The van der Waals surface area contributed by atoms with Crippen LogP contribution in [0.1, 0.15) is 40.0 Å². The third-order valence-electron chi connectivity index (χ3n) is 2.72. The van der Waals surface area contributed by atoms with E-state index >= 15 is 0 Å². The molecular weight excluding hydrogens is 212 g/mol. The zero-order valence-corrected chi connectivity index (χ0v) is 10.9. The SMILES string of the molecule is CC(O)CC1CCCN1CC(C)(C)N.Cl. The minimum atomic E-state index is -0.193. The molecule has 0 radical (unpaired) electrons. The van der Waals surface area contributed by atoms with Gasteiger partial charge in [-0.15, -0.1) is 12.4 Å². The average Bonchev–Trinajstić information content (AvgIpc) is 2.32. The fourth-order valence-corrected chi connectivity index (χ4v) is 2.29. The highest BCUT2D eigenvalue weighted by Gasteiger charge is 2.28. The van der Waals surface area contributed by atoms with Crippen molar-refractivity contribution in [2.75, 3.05) is 13.1 Å². The van der Waals surface area contributed by atoms with E-state index in [9.17, 15) is 5.11 Å². The van der Waals surface area contributed by atoms with Gasteiger partial charge in [0.05, 0.1) is 6.10 Å². The minimum absolute atomic E-state index is 0. The number of aliphatic hydroxyl groups excluding tert-OH is 1. The van der Waals surface area contributed by atoms with Gasteiger partial charge in [0, 0.05) is 18.1 Å². The van der Waals surface area contributed by atoms with Crippen LogP contribution in [0.2, 0.25) is 0 Å². The Morgan fingerprint density at radius 1 is 1.53 bits per heavy atom. The largest absolute Gasteiger partial charge is 0.393 e. The molecule has 0 bridgehead atoms. The van der Waals surface area contributed by atoms with E-state index in [1.807, 2.05) is 6.92 Å². The first kappa shape index (κ1) is 15.2. The van der Waals surface area contributed by atoms with Crippen LogP contribution in [-0.4, -0.2) is 40.8 Å². The summed E-state index contributed by atoms with van der Waals surface area (Å²) in [4.78, 5) is 2.42. The van der Waals surface area contributed by atoms with E-state index in [2.05, 4.69) is 18.7 Å². The third kappa shape index (κ3) is 5.71. The van der Waals surface area contributed by atoms with Gasteiger partial charge in [-0.1, -0.05) is 0 Å². The quantitative estimate of drug-likeness (QED) is 0.776. The summed E-state index contributed by atoms with van der Waals surface area (Å²) in [6, 6.07) is 0.540. The number of likely N-dealkylation sites (tertiary alicyclic amines) is 1. The molecule has 3 N–H and O–H groups in total. The molecule has 2 atom stereocenters. The molecule has 1 saturated heterocycles. The normalized spacial score (nSPS) is 25.0. The molecule has 0 aliphatic carbocycles. The fraction of sp³-hybridized carbons (Fsp3) is 1.00. The molecule has 0 amide bonds. The number of rotatable bonds is 4. The van der Waals surface area contributed by atoms with Gasteiger partial charge in [-0.25, -0.2) is 0 Å². The highest BCUT2D eigenvalue weighted by atomic mass is 35.5. The monoisotopic (exact) mass is 236 g/mol. The lowest BCUT2D eigenvalue weighted by Gasteiger charge is -2.31. The molecule has 1 aliphatic rings. The summed E-state index contributed by atoms with van der Waals surface area (Å²) in [5.41, 5.74) is 5.88. The molecule has 0 aromatic carbocycles. The third-order valence-corrected chi connectivity index (χ3v) is 2.72. The molecule has 2 unspecified atom stereocenters. The van der Waals surface area contributed by atoms with Gasteiger partial charge in [0.1, 0.15) is 0 Å². The van der Waals surface area contributed by atoms with Gasteiger partial charge in [0.25, 0.3) is 0 Å². The van der Waals surface area contributed by atoms with Crippen molar-refractivity contribution in [3.8, 4) is 0 Å². The molecule has 0 aromatic heterocycles. The second-order valence-corrected chi connectivity index (χ2v) is 5.34. The lowest BCUT2D eigenvalue weighted by atomic mass is 10.0. The Kier molecular flexibility index (Phi) is 6.11. The van der Waals surface area contributed by atoms with Gasteiger partial charge < -0.3 is 10.8 Å². The number of aliphatic hydroxyl groups is 1. The van der Waals surface area contributed by atoms with Crippen molar-refractivity contribution >= 4 is 12.4 Å². The Morgan fingerprint density at radius 3 is 2.60 bits per heavy atom. The van der Waals surface area contributed by atoms with Crippen LogP contribution in [-0.2, 0) is 0 Å². The molecule has 1 aliphatic heterocycles. The average molecular weight is 237 g/mol. The van der Waals surface area contributed by atoms with Crippen LogP contribution < -0.4 is 5.73 Å². The van der Waals surface area contributed by atoms with Crippen LogP contribution in [0.4, 0.5) is 0 Å². The summed E-state index contributed by atoms with van der Waals surface area (Å²) in [7, 11) is 0. The number of hydrogen-bond acceptors (Lipinski definition) is 3. The Bertz CT molecular complexity index is 180. The Labute approximate surface area is 99.4 Å². The number of hydrogen-bond donors (Lipinski definition) is 2. The van der Waals surface area contributed by atoms with E-state index in [1.54, 1.807) is 0 Å². The summed E-state index contributed by atoms with van der Waals surface area (Å²) in [6.45, 7) is 8.06. The predicted molar refractivity (Wildman–Crippen MR) is 66.4 cm³/mol. The molecule has 4 heteroatoms. The summed E-state index contributed by atoms with van der Waals surface area (Å²) in [6.07, 6.45) is 3.14. The highest BCUT2D eigenvalue weighted by Crippen LogP contribution is 2.22. The molecule has 0 aromatic rings. The van der Waals surface area contributed by atoms with Crippen LogP contribution >= 0.6 is 12.4 Å². The van der Waals surface area contributed by atoms with Crippen LogP contribution in [0, 0.1) is 0 Å². The molecule has 0 spiro atoms. The maximum Gasteiger partial charge on any atom is 0.0527 e. The zero-order chi connectivity index (χ0) is 10.8. The van der Waals surface area contributed by atoms with Crippen molar-refractivity contribution in [2.24, 2.45) is 5.73 Å². The van der Waals surface area contributed by atoms with Gasteiger partial charge in [0.15, 0.2) is 0 Å². The van der Waals surface area contributed by atoms with E-state index in [0.29, 0.717) is 6.04 Å². The maximum atomic E-state index is 9.37. The predicted octanol–water partition coefficient (Wildman–Crippen LogP) is 1.38. The first-order valence-corrected chi connectivity index (χ1v) is 5.59. The van der Waals surface area contributed by atoms with Gasteiger partial charge in [-0.3, -0.25) is 4.90 Å². The zero-order valence-electron chi connectivity index (χ0n) is 10.1. The molecule has 1 heterocycles. The van der Waals surface area contributed by atoms with Crippen molar-refractivity contribution in [2.45, 2.75) is 57.7 Å². The Hall–Kier alpha value is 0.170. The van der Waals surface area contributed by atoms with Crippen LogP contribution in [0.5, 0.6) is 0 Å². The Balaban J connectivity index is 0.00000196. The maximum absolute atomic E-state index is 9.37. The molecular formula is C11H25ClN2O. The second kappa shape index (κ2) is 6.04. The van der Waals surface area contributed by atoms with Crippen molar-refractivity contribution in [1.29, 1.82) is 0 Å². The smallest absolute Gasteiger partial charge is 0.0527 e. The summed E-state index contributed by atoms with van der Waals surface area (Å²) in [5, 5.41) is 9.37. The number of nitrogens with zero attached hydrogens (tertiary/aromatic N) is 1. The van der Waals surface area contributed by atoms with Gasteiger partial charge in [0.2, 0.25) is 0 Å². The molecule has 0 saturated carbocycles. The lowest BCUT2D eigenvalue weighted by Crippen LogP contribution is -2.47. The van der Waals surface area contributed by atoms with Crippen LogP contribution in [0.25, 0.3) is 0 Å². The van der Waals surface area contributed by atoms with Crippen molar-refractivity contribution in [3.63, 3.8) is 0 Å². The highest BCUT2D eigenvalue weighted by molar-refractivity contribution is 5.85. The second-order valence-electron chi connectivity index (χ2n) is 5.34. The molecule has 92 valence electrons. The van der Waals surface area contributed by atoms with Gasteiger partial charge in [-0.05, 0) is 46.6 Å². The van der Waals surface area contributed by atoms with Crippen LogP contribution in [0.15, 0.2) is 0 Å². The van der Waals surface area contributed by atoms with Gasteiger partial charge >= 0.3 is 0 Å². The topological polar surface area (TPSA) is 49.5 Å². The summed E-state index contributed by atoms with van der Waals surface area (Å²) >= 11 is 0. The van der Waals surface area contributed by atoms with E-state index < -0.39 is 0 Å². The van der Waals surface area contributed by atoms with E-state index in [0.717, 1.165) is 19.5 Å². The van der Waals surface area contributed by atoms with Crippen molar-refractivity contribution in [1.82, 2.24) is 4.90 Å². The Morgan fingerprint density at radius 2 is 2.13 bits per heavy atom. The van der Waals surface area contributed by atoms with Crippen LogP contribution in [0.3, 0.4) is 0 Å². The molecule has 1 fully saturated rings. The first-order valence-electron chi connectivity index (χ1n) is 5.59. The minimum Gasteiger partial charge on any atom is -0.393 e. The fourth-order valence-electron chi connectivity index (χ4n) is 2.29. The standard InChI is InChI=1S/C11H24N2O.ClH/c1-9(14)7-10-5-4-6-13(10)8-11(2,3)12;/h9-10,14H,4-8,12H2,1-3H3;1H. The van der Waals surface area contributed by atoms with E-state index in [4.69, 9.17) is 5.73 Å². The van der Waals surface area contributed by atoms with Gasteiger partial charge in [-0.2, -0.15) is 0 Å². The summed E-state index contributed by atoms with van der Waals surface area (Å²) < 4.78 is 0. The van der Waals surface area contributed by atoms with Crippen molar-refractivity contribution in [3.05, 3.63) is 0 Å². The lowest BCUT2D eigenvalue weighted by molar-refractivity contribution is 0.123. The van der Waals surface area contributed by atoms with Crippen molar-refractivity contribution < 1.29 is 5.11 Å². The molecule has 1 rings (SSSR count). The number of nitrogens with two attached hydrogens (primary N) is 1. The van der Waals surface area contributed by atoms with E-state index in [-0.39, 0.29) is 24.0 Å². The first-order chi connectivity index (χ1) is 6.38. The summed E-state index contributed by atoms with van der Waals surface area (Å²) in [5.74, 6) is 0. The molecule has 15 heavy (non-hydrogen) atoms. The van der Waals surface area contributed by atoms with E-state index in [1.165, 1.54) is 12.8 Å². The number of halogens is 1. The molecule has 3 nitrogen and oxygen atoms in total.